The van der Waals surface area contributed by atoms with E-state index >= 15 is 0 Å². The third-order valence-corrected chi connectivity index (χ3v) is 2.95. The number of nitrogens with zero attached hydrogens (tertiary/aromatic N) is 1. The van der Waals surface area contributed by atoms with Crippen molar-refractivity contribution in [2.24, 2.45) is 5.92 Å². The predicted molar refractivity (Wildman–Crippen MR) is 74.4 cm³/mol. The molecule has 0 bridgehead atoms. The molecule has 0 radical (unpaired) electrons. The SMILES string of the molecule is CC(C)CNCC(O)c1cncc2ccccc12. The van der Waals surface area contributed by atoms with E-state index in [1.165, 1.54) is 0 Å². The van der Waals surface area contributed by atoms with Gasteiger partial charge in [-0.15, -0.1) is 0 Å². The molecule has 0 aliphatic carbocycles. The van der Waals surface area contributed by atoms with Gasteiger partial charge in [0.1, 0.15) is 0 Å². The molecule has 0 saturated carbocycles. The Morgan fingerprint density at radius 3 is 2.72 bits per heavy atom. The van der Waals surface area contributed by atoms with E-state index in [-0.39, 0.29) is 0 Å². The molecule has 1 atom stereocenters. The molecule has 1 unspecified atom stereocenters. The van der Waals surface area contributed by atoms with Crippen molar-refractivity contribution in [1.82, 2.24) is 10.3 Å². The number of benzene rings is 1. The van der Waals surface area contributed by atoms with E-state index in [0.29, 0.717) is 12.5 Å². The summed E-state index contributed by atoms with van der Waals surface area (Å²) in [4.78, 5) is 4.19. The average molecular weight is 244 g/mol. The largest absolute Gasteiger partial charge is 0.387 e. The van der Waals surface area contributed by atoms with Crippen molar-refractivity contribution in [3.8, 4) is 0 Å². The number of rotatable bonds is 5. The molecule has 18 heavy (non-hydrogen) atoms. The van der Waals surface area contributed by atoms with E-state index in [9.17, 15) is 5.11 Å². The van der Waals surface area contributed by atoms with Gasteiger partial charge in [-0.05, 0) is 17.8 Å². The van der Waals surface area contributed by atoms with Gasteiger partial charge in [0.05, 0.1) is 6.10 Å². The Labute approximate surface area is 108 Å². The van der Waals surface area contributed by atoms with Gasteiger partial charge in [0.25, 0.3) is 0 Å². The maximum absolute atomic E-state index is 10.2. The van der Waals surface area contributed by atoms with Crippen molar-refractivity contribution in [3.05, 3.63) is 42.2 Å². The molecule has 0 saturated heterocycles. The van der Waals surface area contributed by atoms with Gasteiger partial charge >= 0.3 is 0 Å². The van der Waals surface area contributed by atoms with Gasteiger partial charge in [0, 0.05) is 29.9 Å². The monoisotopic (exact) mass is 244 g/mol. The molecule has 96 valence electrons. The second kappa shape index (κ2) is 5.94. The topological polar surface area (TPSA) is 45.1 Å². The van der Waals surface area contributed by atoms with E-state index in [4.69, 9.17) is 0 Å². The Hall–Kier alpha value is -1.45. The van der Waals surface area contributed by atoms with Crippen LogP contribution in [0.3, 0.4) is 0 Å². The fourth-order valence-corrected chi connectivity index (χ4v) is 2.02. The lowest BCUT2D eigenvalue weighted by Crippen LogP contribution is -2.25. The van der Waals surface area contributed by atoms with E-state index in [1.54, 1.807) is 6.20 Å². The first-order valence-electron chi connectivity index (χ1n) is 6.40. The smallest absolute Gasteiger partial charge is 0.0935 e. The van der Waals surface area contributed by atoms with Gasteiger partial charge in [-0.3, -0.25) is 4.98 Å². The summed E-state index contributed by atoms with van der Waals surface area (Å²) in [5.74, 6) is 0.586. The molecular formula is C15H20N2O. The highest BCUT2D eigenvalue weighted by molar-refractivity contribution is 5.84. The van der Waals surface area contributed by atoms with Crippen LogP contribution in [0.2, 0.25) is 0 Å². The molecule has 3 nitrogen and oxygen atoms in total. The maximum atomic E-state index is 10.2. The number of hydrogen-bond acceptors (Lipinski definition) is 3. The molecule has 0 aliphatic rings. The van der Waals surface area contributed by atoms with Gasteiger partial charge < -0.3 is 10.4 Å². The first-order valence-corrected chi connectivity index (χ1v) is 6.40. The Morgan fingerprint density at radius 1 is 1.17 bits per heavy atom. The second-order valence-electron chi connectivity index (χ2n) is 5.02. The highest BCUT2D eigenvalue weighted by Gasteiger charge is 2.11. The van der Waals surface area contributed by atoms with Crippen molar-refractivity contribution in [2.75, 3.05) is 13.1 Å². The van der Waals surface area contributed by atoms with Crippen LogP contribution >= 0.6 is 0 Å². The predicted octanol–water partition coefficient (Wildman–Crippen LogP) is 2.51. The van der Waals surface area contributed by atoms with Crippen LogP contribution in [0.5, 0.6) is 0 Å². The minimum absolute atomic E-state index is 0.512. The third kappa shape index (κ3) is 3.06. The lowest BCUT2D eigenvalue weighted by atomic mass is 10.0. The molecule has 0 fully saturated rings. The van der Waals surface area contributed by atoms with E-state index < -0.39 is 6.10 Å². The molecule has 2 rings (SSSR count). The number of aromatic nitrogens is 1. The quantitative estimate of drug-likeness (QED) is 0.849. The van der Waals surface area contributed by atoms with Crippen LogP contribution in [0.15, 0.2) is 36.7 Å². The zero-order chi connectivity index (χ0) is 13.0. The number of pyridine rings is 1. The molecule has 0 spiro atoms. The van der Waals surface area contributed by atoms with Gasteiger partial charge in [0.15, 0.2) is 0 Å². The van der Waals surface area contributed by atoms with Crippen LogP contribution in [0.25, 0.3) is 10.8 Å². The van der Waals surface area contributed by atoms with Crippen molar-refractivity contribution >= 4 is 10.8 Å². The van der Waals surface area contributed by atoms with E-state index in [2.05, 4.69) is 24.1 Å². The lowest BCUT2D eigenvalue weighted by Gasteiger charge is -2.15. The Morgan fingerprint density at radius 2 is 1.94 bits per heavy atom. The standard InChI is InChI=1S/C15H20N2O/c1-11(2)7-16-10-15(18)14-9-17-8-12-5-3-4-6-13(12)14/h3-6,8-9,11,15-16,18H,7,10H2,1-2H3. The molecule has 1 aromatic heterocycles. The molecular weight excluding hydrogens is 224 g/mol. The van der Waals surface area contributed by atoms with Crippen LogP contribution < -0.4 is 5.32 Å². The number of nitrogens with one attached hydrogen (secondary N) is 1. The number of aliphatic hydroxyl groups excluding tert-OH is 1. The van der Waals surface area contributed by atoms with Crippen molar-refractivity contribution in [2.45, 2.75) is 20.0 Å². The summed E-state index contributed by atoms with van der Waals surface area (Å²) in [6.45, 7) is 5.78. The molecule has 2 aromatic rings. The van der Waals surface area contributed by atoms with Crippen LogP contribution in [-0.2, 0) is 0 Å². The van der Waals surface area contributed by atoms with Crippen LogP contribution in [0.1, 0.15) is 25.5 Å². The second-order valence-corrected chi connectivity index (χ2v) is 5.02. The molecule has 1 aromatic carbocycles. The summed E-state index contributed by atoms with van der Waals surface area (Å²) in [5, 5.41) is 15.6. The van der Waals surface area contributed by atoms with Crippen LogP contribution in [0, 0.1) is 5.92 Å². The average Bonchev–Trinajstić information content (AvgIpc) is 2.37. The Balaban J connectivity index is 2.15. The molecule has 0 aliphatic heterocycles. The first kappa shape index (κ1) is 13.0. The maximum Gasteiger partial charge on any atom is 0.0935 e. The molecule has 0 amide bonds. The summed E-state index contributed by atoms with van der Waals surface area (Å²) < 4.78 is 0. The minimum atomic E-state index is -0.512. The van der Waals surface area contributed by atoms with Gasteiger partial charge in [0.2, 0.25) is 0 Å². The van der Waals surface area contributed by atoms with Crippen LogP contribution in [0.4, 0.5) is 0 Å². The fraction of sp³-hybridized carbons (Fsp3) is 0.400. The first-order chi connectivity index (χ1) is 8.68. The number of hydrogen-bond donors (Lipinski definition) is 2. The lowest BCUT2D eigenvalue weighted by molar-refractivity contribution is 0.174. The zero-order valence-corrected chi connectivity index (χ0v) is 10.9. The highest BCUT2D eigenvalue weighted by atomic mass is 16.3. The summed E-state index contributed by atoms with van der Waals surface area (Å²) in [6.07, 6.45) is 3.07. The fourth-order valence-electron chi connectivity index (χ4n) is 2.02. The molecule has 1 heterocycles. The van der Waals surface area contributed by atoms with Crippen molar-refractivity contribution in [1.29, 1.82) is 0 Å². The van der Waals surface area contributed by atoms with E-state index in [0.717, 1.165) is 22.9 Å². The normalized spacial score (nSPS) is 13.1. The minimum Gasteiger partial charge on any atom is -0.387 e. The third-order valence-electron chi connectivity index (χ3n) is 2.95. The summed E-state index contributed by atoms with van der Waals surface area (Å²) in [5.41, 5.74) is 0.893. The summed E-state index contributed by atoms with van der Waals surface area (Å²) >= 11 is 0. The Kier molecular flexibility index (Phi) is 4.28. The van der Waals surface area contributed by atoms with Gasteiger partial charge in [-0.2, -0.15) is 0 Å². The van der Waals surface area contributed by atoms with Gasteiger partial charge in [-0.25, -0.2) is 0 Å². The van der Waals surface area contributed by atoms with Crippen molar-refractivity contribution in [3.63, 3.8) is 0 Å². The van der Waals surface area contributed by atoms with Gasteiger partial charge in [-0.1, -0.05) is 38.1 Å². The Bertz CT molecular complexity index is 505. The summed E-state index contributed by atoms with van der Waals surface area (Å²) in [7, 11) is 0. The zero-order valence-electron chi connectivity index (χ0n) is 10.9. The summed E-state index contributed by atoms with van der Waals surface area (Å²) in [6, 6.07) is 8.01. The highest BCUT2D eigenvalue weighted by Crippen LogP contribution is 2.22. The van der Waals surface area contributed by atoms with Crippen LogP contribution in [-0.4, -0.2) is 23.2 Å². The molecule has 2 N–H and O–H groups in total. The van der Waals surface area contributed by atoms with Crippen molar-refractivity contribution < 1.29 is 5.11 Å². The van der Waals surface area contributed by atoms with E-state index in [1.807, 2.05) is 30.5 Å². The number of fused-ring (bicyclic) bond motifs is 1. The molecule has 3 heteroatoms. The number of aliphatic hydroxyl groups is 1.